The van der Waals surface area contributed by atoms with Crippen molar-refractivity contribution in [3.63, 3.8) is 0 Å². The molecule has 3 aromatic heterocycles. The van der Waals surface area contributed by atoms with E-state index in [2.05, 4.69) is 20.0 Å². The van der Waals surface area contributed by atoms with E-state index in [1.807, 2.05) is 41.7 Å². The fourth-order valence-electron chi connectivity index (χ4n) is 3.17. The van der Waals surface area contributed by atoms with E-state index in [0.29, 0.717) is 17.0 Å². The number of rotatable bonds is 4. The third-order valence-corrected chi connectivity index (χ3v) is 4.95. The van der Waals surface area contributed by atoms with Crippen LogP contribution in [-0.4, -0.2) is 40.5 Å². The summed E-state index contributed by atoms with van der Waals surface area (Å²) in [6.07, 6.45) is 4.53. The summed E-state index contributed by atoms with van der Waals surface area (Å²) < 4.78 is 6.41. The number of pyridine rings is 2. The number of aryl methyl sites for hydroxylation is 1. The molecule has 0 saturated carbocycles. The molecule has 4 rings (SSSR count). The van der Waals surface area contributed by atoms with E-state index in [9.17, 15) is 9.59 Å². The van der Waals surface area contributed by atoms with Gasteiger partial charge >= 0.3 is 6.09 Å². The van der Waals surface area contributed by atoms with Crippen LogP contribution < -0.4 is 10.2 Å². The van der Waals surface area contributed by atoms with Crippen molar-refractivity contribution in [3.05, 3.63) is 78.2 Å². The van der Waals surface area contributed by atoms with Gasteiger partial charge in [-0.25, -0.2) is 14.8 Å². The number of hydrogen-bond acceptors (Lipinski definition) is 5. The van der Waals surface area contributed by atoms with Crippen molar-refractivity contribution in [1.82, 2.24) is 14.4 Å². The summed E-state index contributed by atoms with van der Waals surface area (Å²) in [5, 5.41) is 2.51. The van der Waals surface area contributed by atoms with Gasteiger partial charge in [-0.15, -0.1) is 0 Å². The fourth-order valence-corrected chi connectivity index (χ4v) is 3.17. The van der Waals surface area contributed by atoms with Crippen LogP contribution in [0.4, 0.5) is 16.3 Å². The highest BCUT2D eigenvalue weighted by atomic mass is 16.5. The molecular weight excluding hydrogens is 394 g/mol. The molecular formula is C23H21N5O3. The van der Waals surface area contributed by atoms with Crippen LogP contribution in [0.25, 0.3) is 16.9 Å². The van der Waals surface area contributed by atoms with E-state index in [1.54, 1.807) is 48.7 Å². The summed E-state index contributed by atoms with van der Waals surface area (Å²) in [7, 11) is 3.04. The molecule has 156 valence electrons. The molecule has 0 aliphatic heterocycles. The first-order valence-electron chi connectivity index (χ1n) is 9.59. The second-order valence-electron chi connectivity index (χ2n) is 7.04. The van der Waals surface area contributed by atoms with Gasteiger partial charge in [-0.1, -0.05) is 17.7 Å². The van der Waals surface area contributed by atoms with Crippen LogP contribution in [0.1, 0.15) is 15.9 Å². The quantitative estimate of drug-likeness (QED) is 0.541. The zero-order chi connectivity index (χ0) is 22.0. The Kier molecular flexibility index (Phi) is 5.36. The first kappa shape index (κ1) is 20.1. The number of benzene rings is 1. The van der Waals surface area contributed by atoms with E-state index in [1.165, 1.54) is 7.11 Å². The lowest BCUT2D eigenvalue weighted by molar-refractivity contribution is 0.0992. The molecule has 4 aromatic rings. The van der Waals surface area contributed by atoms with Gasteiger partial charge in [0.15, 0.2) is 0 Å². The summed E-state index contributed by atoms with van der Waals surface area (Å²) in [4.78, 5) is 34.6. The van der Waals surface area contributed by atoms with Crippen LogP contribution in [0.2, 0.25) is 0 Å². The molecule has 1 aromatic carbocycles. The number of imidazole rings is 1. The maximum Gasteiger partial charge on any atom is 0.412 e. The van der Waals surface area contributed by atoms with Crippen molar-refractivity contribution in [2.75, 3.05) is 24.4 Å². The maximum atomic E-state index is 13.0. The first-order valence-corrected chi connectivity index (χ1v) is 9.59. The van der Waals surface area contributed by atoms with Gasteiger partial charge in [-0.05, 0) is 43.3 Å². The fraction of sp³-hybridized carbons (Fsp3) is 0.130. The van der Waals surface area contributed by atoms with Crippen LogP contribution in [0.3, 0.4) is 0 Å². The molecule has 0 spiro atoms. The van der Waals surface area contributed by atoms with Gasteiger partial charge in [0.2, 0.25) is 0 Å². The average Bonchev–Trinajstić information content (AvgIpc) is 3.22. The van der Waals surface area contributed by atoms with E-state index >= 15 is 0 Å². The standard InChI is InChI=1S/C23H21N5O3/c1-15-4-8-18(9-5-15)27(2)22(29)17-7-11-21-25-13-19(28(21)14-17)16-6-10-20(24-12-16)26-23(30)31-3/h4-14H,1-3H3,(H,24,26,30). The highest BCUT2D eigenvalue weighted by molar-refractivity contribution is 6.05. The molecule has 0 aliphatic rings. The summed E-state index contributed by atoms with van der Waals surface area (Å²) in [5.41, 5.74) is 4.77. The van der Waals surface area contributed by atoms with Crippen molar-refractivity contribution < 1.29 is 14.3 Å². The number of anilines is 2. The molecule has 0 saturated heterocycles. The van der Waals surface area contributed by atoms with Gasteiger partial charge in [-0.3, -0.25) is 14.5 Å². The number of nitrogens with one attached hydrogen (secondary N) is 1. The van der Waals surface area contributed by atoms with Gasteiger partial charge in [-0.2, -0.15) is 0 Å². The van der Waals surface area contributed by atoms with Crippen molar-refractivity contribution in [3.8, 4) is 11.3 Å². The summed E-state index contributed by atoms with van der Waals surface area (Å²) in [6.45, 7) is 2.01. The Morgan fingerprint density at radius 1 is 1.00 bits per heavy atom. The first-order chi connectivity index (χ1) is 15.0. The van der Waals surface area contributed by atoms with Gasteiger partial charge in [0, 0.05) is 30.7 Å². The van der Waals surface area contributed by atoms with Crippen LogP contribution >= 0.6 is 0 Å². The second kappa shape index (κ2) is 8.27. The van der Waals surface area contributed by atoms with E-state index in [0.717, 1.165) is 22.5 Å². The van der Waals surface area contributed by atoms with Crippen LogP contribution in [0, 0.1) is 6.92 Å². The Morgan fingerprint density at radius 3 is 2.45 bits per heavy atom. The van der Waals surface area contributed by atoms with Crippen LogP contribution in [-0.2, 0) is 4.74 Å². The minimum atomic E-state index is -0.587. The molecule has 0 bridgehead atoms. The summed E-state index contributed by atoms with van der Waals surface area (Å²) in [5.74, 6) is 0.251. The Hall–Kier alpha value is -4.20. The molecule has 0 unspecified atom stereocenters. The molecule has 0 radical (unpaired) electrons. The topological polar surface area (TPSA) is 88.8 Å². The molecule has 0 fully saturated rings. The predicted molar refractivity (Wildman–Crippen MR) is 118 cm³/mol. The lowest BCUT2D eigenvalue weighted by Gasteiger charge is -2.18. The van der Waals surface area contributed by atoms with Crippen molar-refractivity contribution in [2.24, 2.45) is 0 Å². The summed E-state index contributed by atoms with van der Waals surface area (Å²) >= 11 is 0. The van der Waals surface area contributed by atoms with E-state index in [-0.39, 0.29) is 5.91 Å². The lowest BCUT2D eigenvalue weighted by atomic mass is 10.2. The lowest BCUT2D eigenvalue weighted by Crippen LogP contribution is -2.26. The maximum absolute atomic E-state index is 13.0. The number of carbonyl (C=O) groups excluding carboxylic acids is 2. The Bertz CT molecular complexity index is 1250. The molecule has 0 atom stereocenters. The van der Waals surface area contributed by atoms with Gasteiger partial charge in [0.05, 0.1) is 24.6 Å². The third-order valence-electron chi connectivity index (χ3n) is 4.95. The zero-order valence-electron chi connectivity index (χ0n) is 17.4. The Morgan fingerprint density at radius 2 is 1.77 bits per heavy atom. The minimum Gasteiger partial charge on any atom is -0.453 e. The normalized spacial score (nSPS) is 10.7. The number of carbonyl (C=O) groups is 2. The largest absolute Gasteiger partial charge is 0.453 e. The number of nitrogens with zero attached hydrogens (tertiary/aromatic N) is 4. The predicted octanol–water partition coefficient (Wildman–Crippen LogP) is 4.16. The number of aromatic nitrogens is 3. The zero-order valence-corrected chi connectivity index (χ0v) is 17.4. The Labute approximate surface area is 179 Å². The van der Waals surface area contributed by atoms with Gasteiger partial charge < -0.3 is 9.64 Å². The molecule has 8 heteroatoms. The number of methoxy groups -OCH3 is 1. The molecule has 0 aliphatic carbocycles. The number of fused-ring (bicyclic) bond motifs is 1. The van der Waals surface area contributed by atoms with Gasteiger partial charge in [0.25, 0.3) is 5.91 Å². The van der Waals surface area contributed by atoms with Crippen LogP contribution in [0.15, 0.2) is 67.1 Å². The monoisotopic (exact) mass is 415 g/mol. The van der Waals surface area contributed by atoms with Crippen molar-refractivity contribution in [2.45, 2.75) is 6.92 Å². The molecule has 3 heterocycles. The molecule has 2 amide bonds. The summed E-state index contributed by atoms with van der Waals surface area (Å²) in [6, 6.07) is 14.8. The number of ether oxygens (including phenoxy) is 1. The highest BCUT2D eigenvalue weighted by Crippen LogP contribution is 2.23. The van der Waals surface area contributed by atoms with Gasteiger partial charge in [0.1, 0.15) is 11.5 Å². The van der Waals surface area contributed by atoms with Crippen molar-refractivity contribution >= 4 is 29.2 Å². The third kappa shape index (κ3) is 4.09. The van der Waals surface area contributed by atoms with Crippen molar-refractivity contribution in [1.29, 1.82) is 0 Å². The molecule has 31 heavy (non-hydrogen) atoms. The Balaban J connectivity index is 1.64. The number of hydrogen-bond donors (Lipinski definition) is 1. The van der Waals surface area contributed by atoms with E-state index < -0.39 is 6.09 Å². The van der Waals surface area contributed by atoms with E-state index in [4.69, 9.17) is 0 Å². The number of amides is 2. The minimum absolute atomic E-state index is 0.124. The SMILES string of the molecule is COC(=O)Nc1ccc(-c2cnc3ccc(C(=O)N(C)c4ccc(C)cc4)cn23)cn1. The van der Waals surface area contributed by atoms with Crippen LogP contribution in [0.5, 0.6) is 0 Å². The smallest absolute Gasteiger partial charge is 0.412 e. The molecule has 1 N–H and O–H groups in total. The highest BCUT2D eigenvalue weighted by Gasteiger charge is 2.16. The molecule has 8 nitrogen and oxygen atoms in total. The second-order valence-corrected chi connectivity index (χ2v) is 7.04. The average molecular weight is 415 g/mol.